The van der Waals surface area contributed by atoms with Gasteiger partial charge in [-0.3, -0.25) is 5.21 Å². The van der Waals surface area contributed by atoms with E-state index in [1.165, 1.54) is 38.0 Å². The van der Waals surface area contributed by atoms with Crippen molar-refractivity contribution in [2.24, 2.45) is 5.92 Å². The summed E-state index contributed by atoms with van der Waals surface area (Å²) in [5.41, 5.74) is -0.315. The standard InChI is InChI=1S/C35H39Cl2N3O8S2/c1-39-10-8-21(9-11-39)19-48-34(43)35(44,31-5-4-12-49-31)20-38-16-23-14-25(32(50-23)33(41)42)24(15-26-27(36)17-40(45)18-28(26)37)22-6-7-29(46-2)30(13-22)47-3/h4-7,12-14,17-18,21,24,38,44H,8-11,15-16,19-20H2,1-3H3,(H-,41,42,45)/t24-,35?/m0/s1. The van der Waals surface area contributed by atoms with Crippen LogP contribution in [-0.2, 0) is 28.1 Å². The first-order valence-corrected chi connectivity index (χ1v) is 18.4. The number of hydrogen-bond acceptors (Lipinski definition) is 12. The maximum absolute atomic E-state index is 13.4. The molecule has 5 rings (SSSR count). The third kappa shape index (κ3) is 8.71. The van der Waals surface area contributed by atoms with Gasteiger partial charge in [-0.2, -0.15) is 0 Å². The molecule has 1 aromatic carbocycles. The summed E-state index contributed by atoms with van der Waals surface area (Å²) >= 11 is 15.3. The zero-order valence-electron chi connectivity index (χ0n) is 27.8. The average molecular weight is 765 g/mol. The number of ether oxygens (including phenoxy) is 3. The Bertz CT molecular complexity index is 1770. The SMILES string of the molecule is COc1ccc([C@H](Cc2c(Cl)c[n+](O)cc2Cl)c2cc(CNCC(O)(C(=O)OCC3CCN(C)CC3)c3cccs3)sc2C(=O)[O-])cc1OC. The van der Waals surface area contributed by atoms with Crippen molar-refractivity contribution in [3.63, 3.8) is 0 Å². The van der Waals surface area contributed by atoms with Crippen LogP contribution < -0.4 is 24.6 Å². The predicted octanol–water partition coefficient (Wildman–Crippen LogP) is 4.26. The summed E-state index contributed by atoms with van der Waals surface area (Å²) in [5.74, 6) is -1.54. The first-order chi connectivity index (χ1) is 23.9. The number of carbonyl (C=O) groups excluding carboxylic acids is 2. The normalized spacial score (nSPS) is 15.7. The summed E-state index contributed by atoms with van der Waals surface area (Å²) < 4.78 is 17.4. The maximum Gasteiger partial charge on any atom is 0.345 e. The van der Waals surface area contributed by atoms with Crippen LogP contribution in [-0.4, -0.2) is 74.7 Å². The lowest BCUT2D eigenvalue weighted by Crippen LogP contribution is -2.46. The molecular weight excluding hydrogens is 725 g/mol. The van der Waals surface area contributed by atoms with Crippen LogP contribution in [0.3, 0.4) is 0 Å². The third-order valence-electron chi connectivity index (χ3n) is 8.89. The minimum Gasteiger partial charge on any atom is -0.544 e. The molecule has 4 aromatic rings. The van der Waals surface area contributed by atoms with E-state index in [1.54, 1.807) is 41.8 Å². The molecule has 1 fully saturated rings. The average Bonchev–Trinajstić information content (AvgIpc) is 3.79. The molecule has 1 aliphatic rings. The highest BCUT2D eigenvalue weighted by molar-refractivity contribution is 7.14. The molecule has 3 N–H and O–H groups in total. The summed E-state index contributed by atoms with van der Waals surface area (Å²) in [7, 11) is 5.08. The number of carboxylic acids is 1. The molecule has 1 saturated heterocycles. The molecular formula is C35H39Cl2N3O8S2. The number of halogens is 2. The summed E-state index contributed by atoms with van der Waals surface area (Å²) in [6.45, 7) is 2.06. The molecule has 2 atom stereocenters. The Kier molecular flexibility index (Phi) is 12.6. The lowest BCUT2D eigenvalue weighted by Gasteiger charge is -2.30. The smallest absolute Gasteiger partial charge is 0.345 e. The van der Waals surface area contributed by atoms with Gasteiger partial charge < -0.3 is 39.4 Å². The number of aliphatic hydroxyl groups is 1. The first-order valence-electron chi connectivity index (χ1n) is 15.9. The number of nitrogens with zero attached hydrogens (tertiary/aromatic N) is 2. The van der Waals surface area contributed by atoms with Crippen LogP contribution in [0, 0.1) is 5.92 Å². The number of carboxylic acid groups (broad SMARTS) is 1. The van der Waals surface area contributed by atoms with Gasteiger partial charge in [0.1, 0.15) is 10.0 Å². The van der Waals surface area contributed by atoms with E-state index in [4.69, 9.17) is 37.4 Å². The number of hydrogen-bond donors (Lipinski definition) is 3. The van der Waals surface area contributed by atoms with Crippen LogP contribution in [0.5, 0.6) is 11.5 Å². The quantitative estimate of drug-likeness (QED) is 0.0913. The number of likely N-dealkylation sites (tertiary alicyclic amines) is 1. The number of aromatic nitrogens is 1. The summed E-state index contributed by atoms with van der Waals surface area (Å²) in [6, 6.07) is 10.5. The molecule has 11 nitrogen and oxygen atoms in total. The van der Waals surface area contributed by atoms with Crippen molar-refractivity contribution in [3.05, 3.63) is 95.5 Å². The minimum atomic E-state index is -1.94. The molecule has 0 amide bonds. The molecule has 1 unspecified atom stereocenters. The van der Waals surface area contributed by atoms with Gasteiger partial charge in [-0.05, 0) is 86.1 Å². The van der Waals surface area contributed by atoms with E-state index in [0.717, 1.165) is 42.0 Å². The monoisotopic (exact) mass is 763 g/mol. The van der Waals surface area contributed by atoms with E-state index >= 15 is 0 Å². The maximum atomic E-state index is 13.4. The van der Waals surface area contributed by atoms with E-state index in [0.29, 0.717) is 37.9 Å². The third-order valence-corrected chi connectivity index (χ3v) is 11.7. The molecule has 0 saturated carbocycles. The van der Waals surface area contributed by atoms with E-state index in [2.05, 4.69) is 17.3 Å². The summed E-state index contributed by atoms with van der Waals surface area (Å²) in [5, 5.41) is 39.5. The zero-order chi connectivity index (χ0) is 36.0. The Balaban J connectivity index is 1.41. The molecule has 1 aliphatic heterocycles. The Morgan fingerprint density at radius 3 is 2.44 bits per heavy atom. The van der Waals surface area contributed by atoms with Gasteiger partial charge in [0.2, 0.25) is 18.0 Å². The number of aromatic carboxylic acids is 1. The molecule has 50 heavy (non-hydrogen) atoms. The van der Waals surface area contributed by atoms with Crippen LogP contribution >= 0.6 is 45.9 Å². The summed E-state index contributed by atoms with van der Waals surface area (Å²) in [6.07, 6.45) is 4.58. The van der Waals surface area contributed by atoms with Crippen LogP contribution in [0.25, 0.3) is 0 Å². The number of esters is 1. The topological polar surface area (TPSA) is 144 Å². The van der Waals surface area contributed by atoms with Gasteiger partial charge in [-0.1, -0.05) is 35.3 Å². The Morgan fingerprint density at radius 1 is 1.12 bits per heavy atom. The van der Waals surface area contributed by atoms with E-state index < -0.39 is 23.5 Å². The predicted molar refractivity (Wildman–Crippen MR) is 189 cm³/mol. The van der Waals surface area contributed by atoms with E-state index in [1.807, 2.05) is 0 Å². The molecule has 0 bridgehead atoms. The van der Waals surface area contributed by atoms with Gasteiger partial charge in [-0.25, -0.2) is 4.79 Å². The van der Waals surface area contributed by atoms with E-state index in [-0.39, 0.29) is 47.0 Å². The van der Waals surface area contributed by atoms with Crippen molar-refractivity contribution < 1.29 is 44.0 Å². The lowest BCUT2D eigenvalue weighted by molar-refractivity contribution is -0.904. The number of nitrogens with one attached hydrogen (secondary N) is 1. The number of benzene rings is 1. The molecule has 3 aromatic heterocycles. The first kappa shape index (κ1) is 37.8. The molecule has 268 valence electrons. The second kappa shape index (κ2) is 16.7. The largest absolute Gasteiger partial charge is 0.544 e. The summed E-state index contributed by atoms with van der Waals surface area (Å²) in [4.78, 5) is 29.3. The fraction of sp³-hybridized carbons (Fsp3) is 0.400. The van der Waals surface area contributed by atoms with Crippen molar-refractivity contribution in [3.8, 4) is 11.5 Å². The van der Waals surface area contributed by atoms with Gasteiger partial charge in [0.15, 0.2) is 11.5 Å². The second-order valence-electron chi connectivity index (χ2n) is 12.3. The number of methoxy groups -OCH3 is 2. The fourth-order valence-corrected chi connectivity index (χ4v) is 8.50. The van der Waals surface area contributed by atoms with Crippen LogP contribution in [0.4, 0.5) is 0 Å². The number of thiophene rings is 2. The van der Waals surface area contributed by atoms with Gasteiger partial charge in [0.05, 0.1) is 31.7 Å². The molecule has 4 heterocycles. The number of rotatable bonds is 15. The number of pyridine rings is 1. The highest BCUT2D eigenvalue weighted by Crippen LogP contribution is 2.41. The second-order valence-corrected chi connectivity index (χ2v) is 15.2. The lowest BCUT2D eigenvalue weighted by atomic mass is 9.85. The minimum absolute atomic E-state index is 0.00645. The van der Waals surface area contributed by atoms with E-state index in [9.17, 15) is 25.0 Å². The number of carbonyl (C=O) groups is 2. The van der Waals surface area contributed by atoms with Gasteiger partial charge in [-0.15, -0.1) is 22.7 Å². The molecule has 15 heteroatoms. The van der Waals surface area contributed by atoms with Gasteiger partial charge >= 0.3 is 5.97 Å². The van der Waals surface area contributed by atoms with Gasteiger partial charge in [0, 0.05) is 39.1 Å². The van der Waals surface area contributed by atoms with Crippen molar-refractivity contribution in [2.45, 2.75) is 37.3 Å². The Morgan fingerprint density at radius 2 is 1.82 bits per heavy atom. The molecule has 0 aliphatic carbocycles. The van der Waals surface area contributed by atoms with Crippen LogP contribution in [0.2, 0.25) is 10.0 Å². The molecule has 0 spiro atoms. The van der Waals surface area contributed by atoms with Crippen molar-refractivity contribution in [1.82, 2.24) is 10.2 Å². The zero-order valence-corrected chi connectivity index (χ0v) is 31.0. The molecule has 0 radical (unpaired) electrons. The highest BCUT2D eigenvalue weighted by Gasteiger charge is 2.41. The van der Waals surface area contributed by atoms with Crippen LogP contribution in [0.1, 0.15) is 54.9 Å². The Hall–Kier alpha value is -3.43. The Labute approximate surface area is 308 Å². The number of piperidine rings is 1. The van der Waals surface area contributed by atoms with Crippen molar-refractivity contribution in [1.29, 1.82) is 0 Å². The van der Waals surface area contributed by atoms with Crippen molar-refractivity contribution >= 4 is 57.8 Å². The van der Waals surface area contributed by atoms with Crippen molar-refractivity contribution in [2.75, 3.05) is 47.5 Å². The van der Waals surface area contributed by atoms with Gasteiger partial charge in [0.25, 0.3) is 0 Å². The fourth-order valence-electron chi connectivity index (χ4n) is 6.06. The highest BCUT2D eigenvalue weighted by atomic mass is 35.5. The van der Waals surface area contributed by atoms with Crippen LogP contribution in [0.15, 0.2) is 54.2 Å².